The third-order valence-corrected chi connectivity index (χ3v) is 2.69. The minimum Gasteiger partial charge on any atom is -0.298 e. The van der Waals surface area contributed by atoms with Crippen molar-refractivity contribution in [2.45, 2.75) is 6.92 Å². The van der Waals surface area contributed by atoms with Crippen LogP contribution in [0.15, 0.2) is 48.5 Å². The number of carbonyl (C=O) groups excluding carboxylic acids is 2. The van der Waals surface area contributed by atoms with Crippen LogP contribution in [0.25, 0.3) is 0 Å². The zero-order chi connectivity index (χ0) is 13.4. The summed E-state index contributed by atoms with van der Waals surface area (Å²) < 4.78 is 0. The molecule has 0 atom stereocenters. The lowest BCUT2D eigenvalue weighted by Crippen LogP contribution is -1.82. The van der Waals surface area contributed by atoms with Crippen molar-refractivity contribution in [2.75, 3.05) is 0 Å². The van der Waals surface area contributed by atoms with Gasteiger partial charge >= 0.3 is 0 Å². The van der Waals surface area contributed by atoms with E-state index in [4.69, 9.17) is 11.6 Å². The van der Waals surface area contributed by atoms with Crippen molar-refractivity contribution in [3.8, 4) is 0 Å². The van der Waals surface area contributed by atoms with Gasteiger partial charge < -0.3 is 0 Å². The molecule has 0 heterocycles. The summed E-state index contributed by atoms with van der Waals surface area (Å²) in [5.41, 5.74) is 2.35. The van der Waals surface area contributed by atoms with E-state index in [2.05, 4.69) is 0 Å². The predicted molar refractivity (Wildman–Crippen MR) is 73.4 cm³/mol. The van der Waals surface area contributed by atoms with Gasteiger partial charge in [-0.2, -0.15) is 0 Å². The van der Waals surface area contributed by atoms with E-state index in [1.807, 2.05) is 31.2 Å². The van der Waals surface area contributed by atoms with E-state index in [-0.39, 0.29) is 0 Å². The second-order valence-corrected chi connectivity index (χ2v) is 4.02. The van der Waals surface area contributed by atoms with Gasteiger partial charge in [-0.1, -0.05) is 54.1 Å². The number of halogens is 1. The lowest BCUT2D eigenvalue weighted by Gasteiger charge is -1.92. The number of aldehydes is 2. The average molecular weight is 261 g/mol. The largest absolute Gasteiger partial charge is 0.298 e. The van der Waals surface area contributed by atoms with Gasteiger partial charge in [0.05, 0.1) is 5.02 Å². The van der Waals surface area contributed by atoms with Gasteiger partial charge in [-0.25, -0.2) is 0 Å². The molecule has 0 aliphatic heterocycles. The van der Waals surface area contributed by atoms with E-state index in [9.17, 15) is 9.59 Å². The standard InChI is InChI=1S/C8H8O.C7H5ClO/c1-7-4-2-3-5-8(7)6-9;8-7-4-2-1-3-6(7)5-9/h2-6H,1H3;1-5H. The maximum absolute atomic E-state index is 10.2. The Morgan fingerprint density at radius 2 is 1.33 bits per heavy atom. The summed E-state index contributed by atoms with van der Waals surface area (Å²) in [6.07, 6.45) is 1.61. The van der Waals surface area contributed by atoms with E-state index in [1.165, 1.54) is 0 Å². The second kappa shape index (κ2) is 7.41. The van der Waals surface area contributed by atoms with Crippen LogP contribution >= 0.6 is 11.6 Å². The van der Waals surface area contributed by atoms with Gasteiger partial charge in [0.2, 0.25) is 0 Å². The summed E-state index contributed by atoms with van der Waals surface area (Å²) in [6.45, 7) is 1.92. The van der Waals surface area contributed by atoms with E-state index >= 15 is 0 Å². The van der Waals surface area contributed by atoms with Crippen molar-refractivity contribution in [2.24, 2.45) is 0 Å². The van der Waals surface area contributed by atoms with Crippen LogP contribution < -0.4 is 0 Å². The molecule has 0 unspecified atom stereocenters. The number of hydrogen-bond donors (Lipinski definition) is 0. The first-order valence-electron chi connectivity index (χ1n) is 5.39. The quantitative estimate of drug-likeness (QED) is 0.766. The molecule has 0 saturated heterocycles. The zero-order valence-corrected chi connectivity index (χ0v) is 10.7. The Kier molecular flexibility index (Phi) is 5.81. The maximum Gasteiger partial charge on any atom is 0.151 e. The Morgan fingerprint density at radius 3 is 1.72 bits per heavy atom. The lowest BCUT2D eigenvalue weighted by molar-refractivity contribution is 0.111. The van der Waals surface area contributed by atoms with E-state index in [1.54, 1.807) is 24.3 Å². The average Bonchev–Trinajstić information content (AvgIpc) is 2.41. The van der Waals surface area contributed by atoms with Crippen LogP contribution in [0.5, 0.6) is 0 Å². The van der Waals surface area contributed by atoms with Crippen molar-refractivity contribution in [1.29, 1.82) is 0 Å². The van der Waals surface area contributed by atoms with Crippen LogP contribution in [0.1, 0.15) is 26.3 Å². The molecular weight excluding hydrogens is 248 g/mol. The monoisotopic (exact) mass is 260 g/mol. The highest BCUT2D eigenvalue weighted by atomic mass is 35.5. The molecule has 0 spiro atoms. The fourth-order valence-electron chi connectivity index (χ4n) is 1.29. The fourth-order valence-corrected chi connectivity index (χ4v) is 1.47. The van der Waals surface area contributed by atoms with Gasteiger partial charge in [-0.05, 0) is 18.6 Å². The maximum atomic E-state index is 10.2. The third kappa shape index (κ3) is 4.15. The lowest BCUT2D eigenvalue weighted by atomic mass is 10.1. The Hall–Kier alpha value is -1.93. The highest BCUT2D eigenvalue weighted by Crippen LogP contribution is 2.11. The molecule has 0 radical (unpaired) electrons. The molecule has 3 heteroatoms. The van der Waals surface area contributed by atoms with Crippen molar-refractivity contribution < 1.29 is 9.59 Å². The third-order valence-electron chi connectivity index (χ3n) is 2.35. The highest BCUT2D eigenvalue weighted by Gasteiger charge is 1.92. The van der Waals surface area contributed by atoms with Crippen LogP contribution in [-0.2, 0) is 0 Å². The number of aryl methyl sites for hydroxylation is 1. The molecule has 0 bridgehead atoms. The van der Waals surface area contributed by atoms with Crippen molar-refractivity contribution in [3.05, 3.63) is 70.2 Å². The molecule has 0 saturated carbocycles. The van der Waals surface area contributed by atoms with Crippen LogP contribution in [0, 0.1) is 6.92 Å². The Morgan fingerprint density at radius 1 is 0.833 bits per heavy atom. The summed E-state index contributed by atoms with van der Waals surface area (Å²) in [4.78, 5) is 20.4. The first-order chi connectivity index (χ1) is 8.69. The molecule has 0 fully saturated rings. The number of hydrogen-bond acceptors (Lipinski definition) is 2. The zero-order valence-electron chi connectivity index (χ0n) is 9.97. The molecule has 2 aromatic rings. The molecule has 0 aromatic heterocycles. The van der Waals surface area contributed by atoms with Crippen LogP contribution in [0.4, 0.5) is 0 Å². The molecule has 0 amide bonds. The molecule has 0 aliphatic carbocycles. The molecule has 0 N–H and O–H groups in total. The molecule has 2 rings (SSSR count). The summed E-state index contributed by atoms with van der Waals surface area (Å²) in [6, 6.07) is 14.4. The van der Waals surface area contributed by atoms with Gasteiger partial charge in [0.1, 0.15) is 6.29 Å². The second-order valence-electron chi connectivity index (χ2n) is 3.61. The minimum atomic E-state index is 0.507. The summed E-state index contributed by atoms with van der Waals surface area (Å²) in [5, 5.41) is 0.507. The van der Waals surface area contributed by atoms with Crippen LogP contribution in [-0.4, -0.2) is 12.6 Å². The molecule has 92 valence electrons. The topological polar surface area (TPSA) is 34.1 Å². The minimum absolute atomic E-state index is 0.507. The van der Waals surface area contributed by atoms with Gasteiger partial charge in [0, 0.05) is 11.1 Å². The van der Waals surface area contributed by atoms with Crippen LogP contribution in [0.3, 0.4) is 0 Å². The summed E-state index contributed by atoms with van der Waals surface area (Å²) in [7, 11) is 0. The Balaban J connectivity index is 0.000000180. The summed E-state index contributed by atoms with van der Waals surface area (Å²) in [5.74, 6) is 0. The SMILES string of the molecule is Cc1ccccc1C=O.O=Cc1ccccc1Cl. The molecule has 2 nitrogen and oxygen atoms in total. The number of rotatable bonds is 2. The Labute approximate surface area is 111 Å². The normalized spacial score (nSPS) is 9.00. The van der Waals surface area contributed by atoms with Gasteiger partial charge in [0.25, 0.3) is 0 Å². The molecule has 2 aromatic carbocycles. The smallest absolute Gasteiger partial charge is 0.151 e. The molecule has 0 aliphatic rings. The Bertz CT molecular complexity index is 486. The first kappa shape index (κ1) is 14.1. The first-order valence-corrected chi connectivity index (χ1v) is 5.77. The molecule has 18 heavy (non-hydrogen) atoms. The fraction of sp³-hybridized carbons (Fsp3) is 0.0667. The van der Waals surface area contributed by atoms with Crippen molar-refractivity contribution in [1.82, 2.24) is 0 Å². The predicted octanol–water partition coefficient (Wildman–Crippen LogP) is 3.96. The molecular formula is C15H13ClO2. The van der Waals surface area contributed by atoms with E-state index in [0.717, 1.165) is 23.7 Å². The van der Waals surface area contributed by atoms with Crippen LogP contribution in [0.2, 0.25) is 5.02 Å². The number of carbonyl (C=O) groups is 2. The van der Waals surface area contributed by atoms with Gasteiger partial charge in [-0.3, -0.25) is 9.59 Å². The van der Waals surface area contributed by atoms with Gasteiger partial charge in [0.15, 0.2) is 6.29 Å². The number of benzene rings is 2. The van der Waals surface area contributed by atoms with E-state index in [0.29, 0.717) is 10.6 Å². The highest BCUT2D eigenvalue weighted by molar-refractivity contribution is 6.32. The van der Waals surface area contributed by atoms with E-state index < -0.39 is 0 Å². The van der Waals surface area contributed by atoms with Crippen molar-refractivity contribution in [3.63, 3.8) is 0 Å². The van der Waals surface area contributed by atoms with Crippen molar-refractivity contribution >= 4 is 24.2 Å². The van der Waals surface area contributed by atoms with Gasteiger partial charge in [-0.15, -0.1) is 0 Å². The summed E-state index contributed by atoms with van der Waals surface area (Å²) >= 11 is 5.59.